The second-order valence-corrected chi connectivity index (χ2v) is 4.66. The Bertz CT molecular complexity index is 460. The van der Waals surface area contributed by atoms with Gasteiger partial charge in [0.05, 0.1) is 11.2 Å². The van der Waals surface area contributed by atoms with E-state index in [2.05, 4.69) is 10.1 Å². The molecule has 1 aliphatic rings. The van der Waals surface area contributed by atoms with E-state index in [1.165, 1.54) is 11.3 Å². The molecule has 0 spiro atoms. The SMILES string of the molecule is Cc1ncc(N2COCN(C)/C2=N\[N+](=O)[O-])s1. The number of aryl methyl sites for hydroxylation is 1. The average molecular weight is 257 g/mol. The van der Waals surface area contributed by atoms with Crippen molar-refractivity contribution in [1.82, 2.24) is 9.88 Å². The summed E-state index contributed by atoms with van der Waals surface area (Å²) in [7, 11) is 1.68. The first-order chi connectivity index (χ1) is 8.08. The molecule has 1 aromatic heterocycles. The normalized spacial score (nSPS) is 18.8. The number of hydrazone groups is 1. The van der Waals surface area contributed by atoms with Crippen molar-refractivity contribution in [2.75, 3.05) is 25.4 Å². The molecule has 0 N–H and O–H groups in total. The number of anilines is 1. The highest BCUT2D eigenvalue weighted by atomic mass is 32.1. The van der Waals surface area contributed by atoms with E-state index in [9.17, 15) is 10.1 Å². The highest BCUT2D eigenvalue weighted by Crippen LogP contribution is 2.25. The molecule has 0 atom stereocenters. The van der Waals surface area contributed by atoms with Gasteiger partial charge in [0.1, 0.15) is 23.6 Å². The van der Waals surface area contributed by atoms with E-state index in [1.807, 2.05) is 6.92 Å². The first kappa shape index (κ1) is 11.7. The van der Waals surface area contributed by atoms with Crippen LogP contribution in [0.3, 0.4) is 0 Å². The second kappa shape index (κ2) is 4.63. The minimum absolute atomic E-state index is 0.235. The van der Waals surface area contributed by atoms with Crippen LogP contribution in [0.2, 0.25) is 0 Å². The van der Waals surface area contributed by atoms with E-state index in [4.69, 9.17) is 4.74 Å². The Kier molecular flexibility index (Phi) is 3.20. The van der Waals surface area contributed by atoms with E-state index < -0.39 is 5.03 Å². The van der Waals surface area contributed by atoms with Crippen molar-refractivity contribution < 1.29 is 9.77 Å². The van der Waals surface area contributed by atoms with Crippen molar-refractivity contribution in [2.24, 2.45) is 5.10 Å². The fraction of sp³-hybridized carbons (Fsp3) is 0.500. The van der Waals surface area contributed by atoms with Crippen LogP contribution < -0.4 is 4.90 Å². The van der Waals surface area contributed by atoms with Gasteiger partial charge in [0, 0.05) is 7.05 Å². The monoisotopic (exact) mass is 257 g/mol. The fourth-order valence-corrected chi connectivity index (χ4v) is 2.19. The lowest BCUT2D eigenvalue weighted by Gasteiger charge is -2.33. The third-order valence-corrected chi connectivity index (χ3v) is 3.07. The molecule has 0 amide bonds. The van der Waals surface area contributed by atoms with Crippen LogP contribution in [0.4, 0.5) is 5.00 Å². The van der Waals surface area contributed by atoms with Crippen molar-refractivity contribution in [2.45, 2.75) is 6.92 Å². The zero-order valence-corrected chi connectivity index (χ0v) is 10.2. The lowest BCUT2D eigenvalue weighted by Crippen LogP contribution is -2.50. The Morgan fingerprint density at radius 1 is 1.65 bits per heavy atom. The summed E-state index contributed by atoms with van der Waals surface area (Å²) in [6, 6.07) is 0. The summed E-state index contributed by atoms with van der Waals surface area (Å²) in [5, 5.41) is 14.8. The molecule has 2 heterocycles. The van der Waals surface area contributed by atoms with Gasteiger partial charge >= 0.3 is 0 Å². The van der Waals surface area contributed by atoms with Crippen LogP contribution in [0.1, 0.15) is 5.01 Å². The van der Waals surface area contributed by atoms with Crippen LogP contribution >= 0.6 is 11.3 Å². The molecule has 9 heteroatoms. The number of thiazole rings is 1. The number of hydrogen-bond donors (Lipinski definition) is 0. The Hall–Kier alpha value is -1.74. The molecule has 92 valence electrons. The van der Waals surface area contributed by atoms with Gasteiger partial charge in [0.25, 0.3) is 5.96 Å². The van der Waals surface area contributed by atoms with E-state index in [-0.39, 0.29) is 19.4 Å². The summed E-state index contributed by atoms with van der Waals surface area (Å²) < 4.78 is 5.30. The third kappa shape index (κ3) is 2.50. The molecule has 0 saturated carbocycles. The maximum absolute atomic E-state index is 10.5. The van der Waals surface area contributed by atoms with E-state index in [0.717, 1.165) is 10.0 Å². The van der Waals surface area contributed by atoms with Gasteiger partial charge in [-0.15, -0.1) is 11.3 Å². The van der Waals surface area contributed by atoms with Gasteiger partial charge in [-0.05, 0) is 6.92 Å². The molecule has 8 nitrogen and oxygen atoms in total. The molecule has 17 heavy (non-hydrogen) atoms. The second-order valence-electron chi connectivity index (χ2n) is 3.44. The Labute approximate surface area is 101 Å². The van der Waals surface area contributed by atoms with E-state index >= 15 is 0 Å². The maximum atomic E-state index is 10.5. The topological polar surface area (TPSA) is 84.1 Å². The van der Waals surface area contributed by atoms with Crippen molar-refractivity contribution in [3.63, 3.8) is 0 Å². The van der Waals surface area contributed by atoms with E-state index in [0.29, 0.717) is 0 Å². The predicted octanol–water partition coefficient (Wildman–Crippen LogP) is 0.683. The molecule has 0 unspecified atom stereocenters. The minimum Gasteiger partial charge on any atom is -0.340 e. The Balaban J connectivity index is 2.33. The van der Waals surface area contributed by atoms with Crippen LogP contribution in [-0.4, -0.2) is 41.4 Å². The largest absolute Gasteiger partial charge is 0.340 e. The van der Waals surface area contributed by atoms with Crippen LogP contribution in [0.5, 0.6) is 0 Å². The number of nitrogens with zero attached hydrogens (tertiary/aromatic N) is 5. The van der Waals surface area contributed by atoms with Crippen molar-refractivity contribution in [3.05, 3.63) is 21.3 Å². The summed E-state index contributed by atoms with van der Waals surface area (Å²) in [4.78, 5) is 17.8. The average Bonchev–Trinajstić information content (AvgIpc) is 2.67. The molecule has 0 bridgehead atoms. The molecular weight excluding hydrogens is 246 g/mol. The van der Waals surface area contributed by atoms with Gasteiger partial charge in [0.15, 0.2) is 5.03 Å². The number of aromatic nitrogens is 1. The molecular formula is C8H11N5O3S. The van der Waals surface area contributed by atoms with Crippen LogP contribution in [0.15, 0.2) is 11.3 Å². The Morgan fingerprint density at radius 3 is 3.00 bits per heavy atom. The van der Waals surface area contributed by atoms with Crippen molar-refractivity contribution >= 4 is 22.3 Å². The molecule has 0 aliphatic carbocycles. The lowest BCUT2D eigenvalue weighted by molar-refractivity contribution is -0.486. The summed E-state index contributed by atoms with van der Waals surface area (Å²) in [5.74, 6) is 0.255. The molecule has 1 aliphatic heterocycles. The standard InChI is InChI=1S/C8H11N5O3S/c1-6-9-3-7(17-6)12-5-16-4-11(2)8(12)10-13(14)15/h3H,4-5H2,1-2H3/b10-8+. The number of rotatable bonds is 2. The lowest BCUT2D eigenvalue weighted by atomic mass is 10.6. The number of guanidine groups is 1. The van der Waals surface area contributed by atoms with Gasteiger partial charge in [-0.3, -0.25) is 4.90 Å². The number of nitro groups is 1. The van der Waals surface area contributed by atoms with Crippen molar-refractivity contribution in [1.29, 1.82) is 0 Å². The van der Waals surface area contributed by atoms with Gasteiger partial charge in [-0.25, -0.2) is 15.1 Å². The zero-order chi connectivity index (χ0) is 12.4. The van der Waals surface area contributed by atoms with Crippen LogP contribution in [0.25, 0.3) is 0 Å². The smallest absolute Gasteiger partial charge is 0.282 e. The quantitative estimate of drug-likeness (QED) is 0.572. The molecule has 0 radical (unpaired) electrons. The van der Waals surface area contributed by atoms with Gasteiger partial charge in [0.2, 0.25) is 0 Å². The number of ether oxygens (including phenoxy) is 1. The van der Waals surface area contributed by atoms with Crippen LogP contribution in [0, 0.1) is 17.0 Å². The molecule has 0 aromatic carbocycles. The predicted molar refractivity (Wildman–Crippen MR) is 62.3 cm³/mol. The van der Waals surface area contributed by atoms with Crippen LogP contribution in [-0.2, 0) is 4.74 Å². The highest BCUT2D eigenvalue weighted by Gasteiger charge is 2.27. The third-order valence-electron chi connectivity index (χ3n) is 2.13. The summed E-state index contributed by atoms with van der Waals surface area (Å²) in [6.45, 7) is 2.38. The summed E-state index contributed by atoms with van der Waals surface area (Å²) >= 11 is 1.43. The molecule has 1 saturated heterocycles. The Morgan fingerprint density at radius 2 is 2.41 bits per heavy atom. The summed E-state index contributed by atoms with van der Waals surface area (Å²) in [5.41, 5.74) is 0. The first-order valence-corrected chi connectivity index (χ1v) is 5.61. The van der Waals surface area contributed by atoms with Gasteiger partial charge < -0.3 is 9.64 Å². The molecule has 1 fully saturated rings. The van der Waals surface area contributed by atoms with Gasteiger partial charge in [-0.2, -0.15) is 0 Å². The van der Waals surface area contributed by atoms with Crippen molar-refractivity contribution in [3.8, 4) is 0 Å². The highest BCUT2D eigenvalue weighted by molar-refractivity contribution is 7.15. The zero-order valence-electron chi connectivity index (χ0n) is 9.36. The fourth-order valence-electron chi connectivity index (χ4n) is 1.43. The maximum Gasteiger partial charge on any atom is 0.282 e. The first-order valence-electron chi connectivity index (χ1n) is 4.80. The molecule has 2 rings (SSSR count). The van der Waals surface area contributed by atoms with Gasteiger partial charge in [-0.1, -0.05) is 0 Å². The number of hydrogen-bond acceptors (Lipinski definition) is 5. The summed E-state index contributed by atoms with van der Waals surface area (Å²) in [6.07, 6.45) is 1.65. The molecule has 1 aromatic rings. The minimum atomic E-state index is -0.710. The van der Waals surface area contributed by atoms with E-state index in [1.54, 1.807) is 23.0 Å².